The van der Waals surface area contributed by atoms with Crippen molar-refractivity contribution in [2.24, 2.45) is 0 Å². The molecule has 2 aromatic rings. The maximum absolute atomic E-state index is 12.3. The largest absolute Gasteiger partial charge is 0.291 e. The van der Waals surface area contributed by atoms with Gasteiger partial charge in [0.1, 0.15) is 12.2 Å². The lowest BCUT2D eigenvalue weighted by atomic mass is 10.1. The summed E-state index contributed by atoms with van der Waals surface area (Å²) in [7, 11) is -1.27. The average molecular weight is 334 g/mol. The molecule has 1 aliphatic heterocycles. The third kappa shape index (κ3) is 2.90. The van der Waals surface area contributed by atoms with Gasteiger partial charge in [-0.2, -0.15) is 5.10 Å². The SMILES string of the molecule is CN(Cc1ncnn1C(C)(C)C)C1CS(=O)(=O)c2ccccc21. The molecule has 0 saturated carbocycles. The second kappa shape index (κ2) is 5.42. The fraction of sp³-hybridized carbons (Fsp3) is 0.500. The molecule has 3 rings (SSSR count). The summed E-state index contributed by atoms with van der Waals surface area (Å²) in [5.74, 6) is 0.953. The molecule has 0 amide bonds. The molecule has 0 fully saturated rings. The first-order valence-electron chi connectivity index (χ1n) is 7.61. The van der Waals surface area contributed by atoms with Crippen molar-refractivity contribution < 1.29 is 8.42 Å². The second-order valence-electron chi connectivity index (χ2n) is 7.01. The Hall–Kier alpha value is -1.73. The van der Waals surface area contributed by atoms with Gasteiger partial charge in [-0.15, -0.1) is 0 Å². The topological polar surface area (TPSA) is 68.1 Å². The van der Waals surface area contributed by atoms with E-state index in [9.17, 15) is 8.42 Å². The van der Waals surface area contributed by atoms with Gasteiger partial charge in [0.2, 0.25) is 0 Å². The normalized spacial score (nSPS) is 20.0. The Labute approximate surface area is 137 Å². The van der Waals surface area contributed by atoms with Gasteiger partial charge in [-0.3, -0.25) is 4.90 Å². The molecule has 1 unspecified atom stereocenters. The summed E-state index contributed by atoms with van der Waals surface area (Å²) in [6, 6.07) is 7.10. The smallest absolute Gasteiger partial charge is 0.180 e. The number of hydrogen-bond donors (Lipinski definition) is 0. The van der Waals surface area contributed by atoms with E-state index in [1.54, 1.807) is 18.5 Å². The molecule has 0 saturated heterocycles. The fourth-order valence-electron chi connectivity index (χ4n) is 3.06. The van der Waals surface area contributed by atoms with Crippen molar-refractivity contribution >= 4 is 9.84 Å². The zero-order valence-corrected chi connectivity index (χ0v) is 14.7. The first-order chi connectivity index (χ1) is 10.7. The summed E-state index contributed by atoms with van der Waals surface area (Å²) in [6.07, 6.45) is 1.55. The molecule has 23 heavy (non-hydrogen) atoms. The lowest BCUT2D eigenvalue weighted by molar-refractivity contribution is 0.232. The predicted octanol–water partition coefficient (Wildman–Crippen LogP) is 1.99. The molecule has 7 heteroatoms. The fourth-order valence-corrected chi connectivity index (χ4v) is 4.94. The number of sulfone groups is 1. The Balaban J connectivity index is 1.89. The summed E-state index contributed by atoms with van der Waals surface area (Å²) in [6.45, 7) is 6.76. The number of benzene rings is 1. The first kappa shape index (κ1) is 16.1. The molecule has 124 valence electrons. The highest BCUT2D eigenvalue weighted by Crippen LogP contribution is 2.36. The maximum Gasteiger partial charge on any atom is 0.180 e. The van der Waals surface area contributed by atoms with Gasteiger partial charge in [0.25, 0.3) is 0 Å². The van der Waals surface area contributed by atoms with E-state index < -0.39 is 9.84 Å². The predicted molar refractivity (Wildman–Crippen MR) is 87.7 cm³/mol. The van der Waals surface area contributed by atoms with Crippen LogP contribution in [0.1, 0.15) is 38.2 Å². The Morgan fingerprint density at radius 1 is 1.30 bits per heavy atom. The molecule has 0 spiro atoms. The Kier molecular flexibility index (Phi) is 3.80. The van der Waals surface area contributed by atoms with E-state index >= 15 is 0 Å². The van der Waals surface area contributed by atoms with E-state index in [1.165, 1.54) is 0 Å². The van der Waals surface area contributed by atoms with Crippen LogP contribution in [-0.2, 0) is 21.9 Å². The third-order valence-electron chi connectivity index (χ3n) is 4.17. The van der Waals surface area contributed by atoms with Crippen LogP contribution in [0.3, 0.4) is 0 Å². The van der Waals surface area contributed by atoms with Crippen molar-refractivity contribution in [1.82, 2.24) is 19.7 Å². The van der Waals surface area contributed by atoms with E-state index in [2.05, 4.69) is 30.9 Å². The molecule has 1 aromatic heterocycles. The molecule has 0 radical (unpaired) electrons. The number of nitrogens with zero attached hydrogens (tertiary/aromatic N) is 4. The number of hydrogen-bond acceptors (Lipinski definition) is 5. The van der Waals surface area contributed by atoms with E-state index in [0.29, 0.717) is 11.4 Å². The zero-order chi connectivity index (χ0) is 16.8. The van der Waals surface area contributed by atoms with Crippen molar-refractivity contribution in [1.29, 1.82) is 0 Å². The summed E-state index contributed by atoms with van der Waals surface area (Å²) >= 11 is 0. The Morgan fingerprint density at radius 3 is 2.70 bits per heavy atom. The molecular weight excluding hydrogens is 312 g/mol. The number of rotatable bonds is 3. The molecule has 6 nitrogen and oxygen atoms in total. The van der Waals surface area contributed by atoms with Crippen LogP contribution in [0.25, 0.3) is 0 Å². The van der Waals surface area contributed by atoms with Crippen LogP contribution in [-0.4, -0.2) is 40.9 Å². The first-order valence-corrected chi connectivity index (χ1v) is 9.27. The molecule has 0 N–H and O–H groups in total. The molecular formula is C16H22N4O2S. The minimum Gasteiger partial charge on any atom is -0.291 e. The Morgan fingerprint density at radius 2 is 2.00 bits per heavy atom. The van der Waals surface area contributed by atoms with Crippen LogP contribution in [0.5, 0.6) is 0 Å². The molecule has 2 heterocycles. The van der Waals surface area contributed by atoms with Crippen LogP contribution in [0.2, 0.25) is 0 Å². The lowest BCUT2D eigenvalue weighted by Gasteiger charge is -2.26. The van der Waals surface area contributed by atoms with Gasteiger partial charge in [-0.1, -0.05) is 18.2 Å². The van der Waals surface area contributed by atoms with Gasteiger partial charge >= 0.3 is 0 Å². The summed E-state index contributed by atoms with van der Waals surface area (Å²) in [5, 5.41) is 4.30. The van der Waals surface area contributed by atoms with Crippen molar-refractivity contribution in [3.05, 3.63) is 42.0 Å². The van der Waals surface area contributed by atoms with Crippen LogP contribution in [0.15, 0.2) is 35.5 Å². The van der Waals surface area contributed by atoms with Crippen molar-refractivity contribution in [2.75, 3.05) is 12.8 Å². The molecule has 0 aliphatic carbocycles. The van der Waals surface area contributed by atoms with E-state index in [-0.39, 0.29) is 17.3 Å². The van der Waals surface area contributed by atoms with E-state index in [4.69, 9.17) is 0 Å². The van der Waals surface area contributed by atoms with Crippen LogP contribution >= 0.6 is 0 Å². The monoisotopic (exact) mass is 334 g/mol. The van der Waals surface area contributed by atoms with Gasteiger partial charge < -0.3 is 0 Å². The summed E-state index contributed by atoms with van der Waals surface area (Å²) in [5.41, 5.74) is 0.712. The van der Waals surface area contributed by atoms with Crippen LogP contribution < -0.4 is 0 Å². The lowest BCUT2D eigenvalue weighted by Crippen LogP contribution is -2.31. The molecule has 1 atom stereocenters. The van der Waals surface area contributed by atoms with Crippen LogP contribution in [0.4, 0.5) is 0 Å². The quantitative estimate of drug-likeness (QED) is 0.859. The van der Waals surface area contributed by atoms with Gasteiger partial charge in [-0.25, -0.2) is 18.1 Å². The summed E-state index contributed by atoms with van der Waals surface area (Å²) < 4.78 is 26.6. The molecule has 0 bridgehead atoms. The van der Waals surface area contributed by atoms with Crippen molar-refractivity contribution in [3.8, 4) is 0 Å². The van der Waals surface area contributed by atoms with Crippen LogP contribution in [0, 0.1) is 0 Å². The maximum atomic E-state index is 12.3. The van der Waals surface area contributed by atoms with Crippen molar-refractivity contribution in [2.45, 2.75) is 43.8 Å². The number of fused-ring (bicyclic) bond motifs is 1. The number of aromatic nitrogens is 3. The minimum atomic E-state index is -3.20. The second-order valence-corrected chi connectivity index (χ2v) is 9.01. The standard InChI is InChI=1S/C16H22N4O2S/c1-16(2,3)20-15(17-11-18-20)9-19(4)13-10-23(21,22)14-8-6-5-7-12(13)14/h5-8,11,13H,9-10H2,1-4H3. The highest BCUT2D eigenvalue weighted by molar-refractivity contribution is 7.91. The highest BCUT2D eigenvalue weighted by atomic mass is 32.2. The van der Waals surface area contributed by atoms with Gasteiger partial charge in [0.05, 0.1) is 28.8 Å². The highest BCUT2D eigenvalue weighted by Gasteiger charge is 2.37. The average Bonchev–Trinajstić information content (AvgIpc) is 3.02. The zero-order valence-electron chi connectivity index (χ0n) is 13.9. The molecule has 1 aliphatic rings. The van der Waals surface area contributed by atoms with Crippen molar-refractivity contribution in [3.63, 3.8) is 0 Å². The summed E-state index contributed by atoms with van der Waals surface area (Å²) in [4.78, 5) is 6.84. The van der Waals surface area contributed by atoms with Gasteiger partial charge in [0, 0.05) is 0 Å². The Bertz CT molecular complexity index is 821. The van der Waals surface area contributed by atoms with Gasteiger partial charge in [-0.05, 0) is 39.4 Å². The van der Waals surface area contributed by atoms with Gasteiger partial charge in [0.15, 0.2) is 9.84 Å². The third-order valence-corrected chi connectivity index (χ3v) is 5.96. The van der Waals surface area contributed by atoms with E-state index in [1.807, 2.05) is 28.8 Å². The van der Waals surface area contributed by atoms with E-state index in [0.717, 1.165) is 11.4 Å². The molecule has 1 aromatic carbocycles. The minimum absolute atomic E-state index is 0.118.